The number of hydrogen-bond acceptors (Lipinski definition) is 4. The molecule has 1 unspecified atom stereocenters. The Balaban J connectivity index is 1.39. The first-order valence-electron chi connectivity index (χ1n) is 11.6. The van der Waals surface area contributed by atoms with Crippen LogP contribution in [0, 0.1) is 23.4 Å². The Morgan fingerprint density at radius 1 is 0.969 bits per heavy atom. The second-order valence-electron chi connectivity index (χ2n) is 9.71. The van der Waals surface area contributed by atoms with Crippen molar-refractivity contribution < 1.29 is 26.4 Å². The van der Waals surface area contributed by atoms with E-state index in [1.54, 1.807) is 4.90 Å². The first-order chi connectivity index (χ1) is 15.2. The van der Waals surface area contributed by atoms with Crippen LogP contribution in [0.5, 0.6) is 0 Å². The van der Waals surface area contributed by atoms with Crippen LogP contribution in [0.25, 0.3) is 0 Å². The molecule has 0 aromatic heterocycles. The molecule has 0 radical (unpaired) electrons. The maximum Gasteiger partial charge on any atom is 0.238 e. The van der Waals surface area contributed by atoms with Gasteiger partial charge in [-0.3, -0.25) is 4.79 Å². The normalized spacial score (nSPS) is 27.5. The Morgan fingerprint density at radius 2 is 1.56 bits per heavy atom. The summed E-state index contributed by atoms with van der Waals surface area (Å²) in [5.41, 5.74) is 6.37. The molecule has 1 aliphatic carbocycles. The van der Waals surface area contributed by atoms with Gasteiger partial charge in [0.1, 0.15) is 11.6 Å². The largest absolute Gasteiger partial charge is 0.336 e. The van der Waals surface area contributed by atoms with E-state index in [2.05, 4.69) is 0 Å². The summed E-state index contributed by atoms with van der Waals surface area (Å²) < 4.78 is 66.3. The molecule has 5 nitrogen and oxygen atoms in total. The number of carbonyl (C=O) groups is 1. The van der Waals surface area contributed by atoms with E-state index in [0.29, 0.717) is 31.7 Å². The van der Waals surface area contributed by atoms with Crippen LogP contribution in [0.4, 0.5) is 13.2 Å². The standard InChI is InChI=1S/C23H31F3N2O3S/c24-19-12-21(26)20(25)10-14(19)11-22(27)15-8-16-6-7-17(9-15)28(16)23(29)13-32(30,31)18-4-2-1-3-5-18/h10,12,15-18,22H,1-9,11,13,27H2/t15?,16-,17+,22-/m1/s1. The second-order valence-corrected chi connectivity index (χ2v) is 12.0. The van der Waals surface area contributed by atoms with Gasteiger partial charge in [-0.2, -0.15) is 0 Å². The quantitative estimate of drug-likeness (QED) is 0.643. The molecule has 2 aliphatic heterocycles. The average molecular weight is 473 g/mol. The first kappa shape index (κ1) is 23.5. The fourth-order valence-electron chi connectivity index (χ4n) is 5.91. The van der Waals surface area contributed by atoms with Crippen LogP contribution in [0.2, 0.25) is 0 Å². The highest BCUT2D eigenvalue weighted by molar-refractivity contribution is 7.92. The molecular weight excluding hydrogens is 441 g/mol. The van der Waals surface area contributed by atoms with Gasteiger partial charge in [0.15, 0.2) is 21.5 Å². The summed E-state index contributed by atoms with van der Waals surface area (Å²) in [7, 11) is -3.46. The summed E-state index contributed by atoms with van der Waals surface area (Å²) in [6.45, 7) is 0. The maximum absolute atomic E-state index is 14.0. The monoisotopic (exact) mass is 472 g/mol. The summed E-state index contributed by atoms with van der Waals surface area (Å²) in [4.78, 5) is 14.7. The van der Waals surface area contributed by atoms with Gasteiger partial charge in [-0.1, -0.05) is 19.3 Å². The number of carbonyl (C=O) groups excluding carboxylic acids is 1. The maximum atomic E-state index is 14.0. The van der Waals surface area contributed by atoms with Gasteiger partial charge < -0.3 is 10.6 Å². The SMILES string of the molecule is N[C@H](Cc1cc(F)c(F)cc1F)C1C[C@H]2CC[C@@H](C1)N2C(=O)CS(=O)(=O)C1CCCCC1. The zero-order valence-corrected chi connectivity index (χ0v) is 18.9. The highest BCUT2D eigenvalue weighted by atomic mass is 32.2. The van der Waals surface area contributed by atoms with E-state index in [4.69, 9.17) is 5.73 Å². The molecule has 2 N–H and O–H groups in total. The van der Waals surface area contributed by atoms with E-state index < -0.39 is 44.3 Å². The molecule has 1 amide bonds. The number of rotatable bonds is 6. The van der Waals surface area contributed by atoms with Crippen LogP contribution in [-0.2, 0) is 21.1 Å². The molecule has 3 fully saturated rings. The van der Waals surface area contributed by atoms with Crippen molar-refractivity contribution in [2.75, 3.05) is 5.75 Å². The number of fused-ring (bicyclic) bond motifs is 2. The third-order valence-corrected chi connectivity index (χ3v) is 9.73. The minimum atomic E-state index is -3.46. The van der Waals surface area contributed by atoms with Crippen LogP contribution in [0.3, 0.4) is 0 Å². The lowest BCUT2D eigenvalue weighted by Crippen LogP contribution is -2.52. The van der Waals surface area contributed by atoms with Gasteiger partial charge in [-0.15, -0.1) is 0 Å². The van der Waals surface area contributed by atoms with Crippen molar-refractivity contribution in [2.24, 2.45) is 11.7 Å². The van der Waals surface area contributed by atoms with E-state index >= 15 is 0 Å². The number of nitrogens with two attached hydrogens (primary N) is 1. The number of nitrogens with zero attached hydrogens (tertiary/aromatic N) is 1. The molecule has 4 rings (SSSR count). The van der Waals surface area contributed by atoms with Gasteiger partial charge in [0.25, 0.3) is 0 Å². The molecule has 1 aromatic carbocycles. The Hall–Kier alpha value is -1.61. The average Bonchev–Trinajstić information content (AvgIpc) is 3.02. The van der Waals surface area contributed by atoms with E-state index in [1.165, 1.54) is 0 Å². The van der Waals surface area contributed by atoms with Crippen molar-refractivity contribution in [3.05, 3.63) is 35.1 Å². The Labute approximate surface area is 187 Å². The summed E-state index contributed by atoms with van der Waals surface area (Å²) in [5.74, 6) is -3.90. The number of halogens is 3. The molecular formula is C23H31F3N2O3S. The van der Waals surface area contributed by atoms with Gasteiger partial charge in [0.2, 0.25) is 5.91 Å². The fourth-order valence-corrected chi connectivity index (χ4v) is 7.69. The molecule has 4 atom stereocenters. The second kappa shape index (κ2) is 9.33. The van der Waals surface area contributed by atoms with Crippen molar-refractivity contribution in [1.82, 2.24) is 4.90 Å². The van der Waals surface area contributed by atoms with Crippen molar-refractivity contribution >= 4 is 15.7 Å². The van der Waals surface area contributed by atoms with Crippen LogP contribution >= 0.6 is 0 Å². The van der Waals surface area contributed by atoms with Gasteiger partial charge in [0.05, 0.1) is 5.25 Å². The fraction of sp³-hybridized carbons (Fsp3) is 0.696. The topological polar surface area (TPSA) is 80.5 Å². The molecule has 9 heteroatoms. The van der Waals surface area contributed by atoms with Gasteiger partial charge in [-0.05, 0) is 62.5 Å². The van der Waals surface area contributed by atoms with Crippen LogP contribution < -0.4 is 5.73 Å². The van der Waals surface area contributed by atoms with E-state index in [1.807, 2.05) is 0 Å². The lowest BCUT2D eigenvalue weighted by Gasteiger charge is -2.41. The molecule has 178 valence electrons. The number of sulfone groups is 1. The molecule has 1 saturated carbocycles. The van der Waals surface area contributed by atoms with Crippen LogP contribution in [0.1, 0.15) is 63.4 Å². The van der Waals surface area contributed by atoms with Crippen LogP contribution in [0.15, 0.2) is 12.1 Å². The lowest BCUT2D eigenvalue weighted by atomic mass is 9.82. The van der Waals surface area contributed by atoms with Crippen molar-refractivity contribution in [1.29, 1.82) is 0 Å². The Bertz CT molecular complexity index is 951. The zero-order chi connectivity index (χ0) is 23.0. The first-order valence-corrected chi connectivity index (χ1v) is 13.3. The third-order valence-electron chi connectivity index (χ3n) is 7.59. The van der Waals surface area contributed by atoms with Gasteiger partial charge in [-0.25, -0.2) is 21.6 Å². The van der Waals surface area contributed by atoms with Crippen molar-refractivity contribution in [3.8, 4) is 0 Å². The summed E-state index contributed by atoms with van der Waals surface area (Å²) >= 11 is 0. The summed E-state index contributed by atoms with van der Waals surface area (Å²) in [6.07, 6.45) is 7.00. The number of benzene rings is 1. The van der Waals surface area contributed by atoms with Crippen LogP contribution in [-0.4, -0.2) is 48.4 Å². The third kappa shape index (κ3) is 4.83. The lowest BCUT2D eigenvalue weighted by molar-refractivity contribution is -0.133. The summed E-state index contributed by atoms with van der Waals surface area (Å²) in [5, 5.41) is -0.408. The highest BCUT2D eigenvalue weighted by Crippen LogP contribution is 2.40. The molecule has 2 heterocycles. The van der Waals surface area contributed by atoms with Crippen molar-refractivity contribution in [3.63, 3.8) is 0 Å². The predicted molar refractivity (Wildman–Crippen MR) is 115 cm³/mol. The minimum absolute atomic E-state index is 0.000911. The molecule has 32 heavy (non-hydrogen) atoms. The molecule has 3 aliphatic rings. The van der Waals surface area contributed by atoms with Gasteiger partial charge >= 0.3 is 0 Å². The predicted octanol–water partition coefficient (Wildman–Crippen LogP) is 3.49. The zero-order valence-electron chi connectivity index (χ0n) is 18.1. The van der Waals surface area contributed by atoms with Gasteiger partial charge in [0, 0.05) is 24.2 Å². The van der Waals surface area contributed by atoms with E-state index in [0.717, 1.165) is 38.2 Å². The number of piperidine rings is 1. The van der Waals surface area contributed by atoms with E-state index in [9.17, 15) is 26.4 Å². The molecule has 1 aromatic rings. The molecule has 2 bridgehead atoms. The number of amides is 1. The summed E-state index contributed by atoms with van der Waals surface area (Å²) in [6, 6.07) is 0.784. The molecule has 2 saturated heterocycles. The molecule has 0 spiro atoms. The Kier molecular flexibility index (Phi) is 6.86. The minimum Gasteiger partial charge on any atom is -0.336 e. The number of hydrogen-bond donors (Lipinski definition) is 1. The smallest absolute Gasteiger partial charge is 0.238 e. The Morgan fingerprint density at radius 3 is 2.19 bits per heavy atom. The van der Waals surface area contributed by atoms with E-state index in [-0.39, 0.29) is 35.9 Å². The van der Waals surface area contributed by atoms with Crippen molar-refractivity contribution in [2.45, 2.75) is 87.6 Å². The highest BCUT2D eigenvalue weighted by Gasteiger charge is 2.45.